The summed E-state index contributed by atoms with van der Waals surface area (Å²) in [5, 5.41) is 1.21. The molecule has 0 atom stereocenters. The molecule has 1 nitrogen and oxygen atoms in total. The zero-order chi connectivity index (χ0) is 8.55. The van der Waals surface area contributed by atoms with Gasteiger partial charge in [0.1, 0.15) is 4.60 Å². The monoisotopic (exact) mass is 333 g/mol. The highest BCUT2D eigenvalue weighted by Gasteiger charge is 1.98. The number of pyridine rings is 1. The highest BCUT2D eigenvalue weighted by Crippen LogP contribution is 2.20. The minimum atomic E-state index is 0.886. The highest BCUT2D eigenvalue weighted by molar-refractivity contribution is 14.1. The SMILES string of the molecule is Brc1ccc2c(I)cccc2n1. The third-order valence-corrected chi connectivity index (χ3v) is 3.03. The van der Waals surface area contributed by atoms with Crippen LogP contribution in [0.25, 0.3) is 10.9 Å². The van der Waals surface area contributed by atoms with Gasteiger partial charge in [0.05, 0.1) is 5.52 Å². The second-order valence-corrected chi connectivity index (χ2v) is 4.42. The Morgan fingerprint density at radius 2 is 2.00 bits per heavy atom. The van der Waals surface area contributed by atoms with E-state index in [2.05, 4.69) is 55.6 Å². The molecule has 0 aliphatic heterocycles. The van der Waals surface area contributed by atoms with Crippen LogP contribution in [0.4, 0.5) is 0 Å². The van der Waals surface area contributed by atoms with Crippen molar-refractivity contribution in [3.05, 3.63) is 38.5 Å². The first kappa shape index (κ1) is 8.44. The summed E-state index contributed by atoms with van der Waals surface area (Å²) in [6, 6.07) is 10.2. The number of aromatic nitrogens is 1. The second kappa shape index (κ2) is 3.30. The number of halogens is 2. The zero-order valence-corrected chi connectivity index (χ0v) is 9.83. The number of hydrogen-bond donors (Lipinski definition) is 0. The van der Waals surface area contributed by atoms with Crippen LogP contribution >= 0.6 is 38.5 Å². The zero-order valence-electron chi connectivity index (χ0n) is 6.09. The molecule has 0 radical (unpaired) electrons. The molecule has 0 spiro atoms. The largest absolute Gasteiger partial charge is 0.241 e. The first-order chi connectivity index (χ1) is 5.77. The van der Waals surface area contributed by atoms with E-state index in [4.69, 9.17) is 0 Å². The lowest BCUT2D eigenvalue weighted by Gasteiger charge is -1.98. The van der Waals surface area contributed by atoms with Gasteiger partial charge in [-0.05, 0) is 62.8 Å². The molecule has 0 bridgehead atoms. The highest BCUT2D eigenvalue weighted by atomic mass is 127. The summed E-state index contributed by atoms with van der Waals surface area (Å²) in [4.78, 5) is 4.35. The molecule has 2 rings (SSSR count). The number of rotatable bonds is 0. The molecule has 0 fully saturated rings. The van der Waals surface area contributed by atoms with E-state index in [0.717, 1.165) is 10.1 Å². The van der Waals surface area contributed by atoms with Crippen LogP contribution < -0.4 is 0 Å². The molecule has 0 N–H and O–H groups in total. The van der Waals surface area contributed by atoms with E-state index < -0.39 is 0 Å². The lowest BCUT2D eigenvalue weighted by Crippen LogP contribution is -1.81. The maximum Gasteiger partial charge on any atom is 0.106 e. The number of fused-ring (bicyclic) bond motifs is 1. The van der Waals surface area contributed by atoms with Crippen LogP contribution in [0.15, 0.2) is 34.9 Å². The second-order valence-electron chi connectivity index (χ2n) is 2.44. The molecule has 0 aliphatic carbocycles. The van der Waals surface area contributed by atoms with E-state index in [1.54, 1.807) is 0 Å². The standard InChI is InChI=1S/C9H5BrIN/c10-9-5-4-6-7(11)2-1-3-8(6)12-9/h1-5H. The summed E-state index contributed by atoms with van der Waals surface area (Å²) in [5.74, 6) is 0. The molecular weight excluding hydrogens is 329 g/mol. The molecule has 60 valence electrons. The van der Waals surface area contributed by atoms with Gasteiger partial charge in [0.15, 0.2) is 0 Å². The molecular formula is C9H5BrIN. The van der Waals surface area contributed by atoms with Gasteiger partial charge in [-0.1, -0.05) is 6.07 Å². The summed E-state index contributed by atoms with van der Waals surface area (Å²) in [6.45, 7) is 0. The Balaban J connectivity index is 2.86. The Kier molecular flexibility index (Phi) is 2.32. The Morgan fingerprint density at radius 1 is 1.17 bits per heavy atom. The van der Waals surface area contributed by atoms with Crippen LogP contribution in [-0.2, 0) is 0 Å². The minimum Gasteiger partial charge on any atom is -0.241 e. The number of benzene rings is 1. The third-order valence-electron chi connectivity index (χ3n) is 1.64. The van der Waals surface area contributed by atoms with E-state index in [-0.39, 0.29) is 0 Å². The fourth-order valence-corrected chi connectivity index (χ4v) is 2.08. The summed E-state index contributed by atoms with van der Waals surface area (Å²) in [7, 11) is 0. The summed E-state index contributed by atoms with van der Waals surface area (Å²) in [6.07, 6.45) is 0. The van der Waals surface area contributed by atoms with Crippen LogP contribution in [0.3, 0.4) is 0 Å². The molecule has 0 saturated carbocycles. The molecule has 0 saturated heterocycles. The van der Waals surface area contributed by atoms with Crippen molar-refractivity contribution in [2.75, 3.05) is 0 Å². The van der Waals surface area contributed by atoms with Crippen LogP contribution in [0, 0.1) is 3.57 Å². The lowest BCUT2D eigenvalue weighted by molar-refractivity contribution is 1.35. The van der Waals surface area contributed by atoms with E-state index in [9.17, 15) is 0 Å². The molecule has 2 aromatic rings. The number of nitrogens with zero attached hydrogens (tertiary/aromatic N) is 1. The molecule has 0 amide bonds. The summed E-state index contributed by atoms with van der Waals surface area (Å²) in [5.41, 5.74) is 1.04. The van der Waals surface area contributed by atoms with Gasteiger partial charge in [0.25, 0.3) is 0 Å². The van der Waals surface area contributed by atoms with Crippen molar-refractivity contribution in [2.24, 2.45) is 0 Å². The van der Waals surface area contributed by atoms with Gasteiger partial charge in [-0.25, -0.2) is 4.98 Å². The van der Waals surface area contributed by atoms with Gasteiger partial charge in [0, 0.05) is 8.96 Å². The Hall–Kier alpha value is -0.160. The van der Waals surface area contributed by atoms with E-state index in [1.807, 2.05) is 18.2 Å². The van der Waals surface area contributed by atoms with Crippen molar-refractivity contribution in [1.82, 2.24) is 4.98 Å². The first-order valence-electron chi connectivity index (χ1n) is 3.48. The molecule has 1 aromatic carbocycles. The minimum absolute atomic E-state index is 0.886. The average molecular weight is 334 g/mol. The van der Waals surface area contributed by atoms with Gasteiger partial charge in [0.2, 0.25) is 0 Å². The maximum absolute atomic E-state index is 4.35. The van der Waals surface area contributed by atoms with E-state index >= 15 is 0 Å². The predicted octanol–water partition coefficient (Wildman–Crippen LogP) is 3.60. The summed E-state index contributed by atoms with van der Waals surface area (Å²) < 4.78 is 2.13. The smallest absolute Gasteiger partial charge is 0.106 e. The van der Waals surface area contributed by atoms with E-state index in [1.165, 1.54) is 8.96 Å². The normalized spacial score (nSPS) is 10.5. The topological polar surface area (TPSA) is 12.9 Å². The van der Waals surface area contributed by atoms with Crippen molar-refractivity contribution in [1.29, 1.82) is 0 Å². The molecule has 0 unspecified atom stereocenters. The maximum atomic E-state index is 4.35. The van der Waals surface area contributed by atoms with Crippen LogP contribution in [0.1, 0.15) is 0 Å². The van der Waals surface area contributed by atoms with Gasteiger partial charge in [-0.3, -0.25) is 0 Å². The molecule has 12 heavy (non-hydrogen) atoms. The van der Waals surface area contributed by atoms with Crippen LogP contribution in [0.5, 0.6) is 0 Å². The Morgan fingerprint density at radius 3 is 2.83 bits per heavy atom. The number of hydrogen-bond acceptors (Lipinski definition) is 1. The predicted molar refractivity (Wildman–Crippen MR) is 62.2 cm³/mol. The van der Waals surface area contributed by atoms with Gasteiger partial charge in [-0.2, -0.15) is 0 Å². The van der Waals surface area contributed by atoms with Crippen molar-refractivity contribution in [3.8, 4) is 0 Å². The first-order valence-corrected chi connectivity index (χ1v) is 5.35. The Bertz CT molecular complexity index is 428. The van der Waals surface area contributed by atoms with Crippen molar-refractivity contribution in [3.63, 3.8) is 0 Å². The quantitative estimate of drug-likeness (QED) is 0.530. The van der Waals surface area contributed by atoms with Gasteiger partial charge < -0.3 is 0 Å². The fourth-order valence-electron chi connectivity index (χ4n) is 1.09. The molecule has 1 heterocycles. The van der Waals surface area contributed by atoms with Crippen LogP contribution in [-0.4, -0.2) is 4.98 Å². The van der Waals surface area contributed by atoms with Crippen molar-refractivity contribution < 1.29 is 0 Å². The molecule has 0 aliphatic rings. The third kappa shape index (κ3) is 1.47. The van der Waals surface area contributed by atoms with Gasteiger partial charge in [-0.15, -0.1) is 0 Å². The lowest BCUT2D eigenvalue weighted by atomic mass is 10.2. The summed E-state index contributed by atoms with van der Waals surface area (Å²) >= 11 is 5.66. The average Bonchev–Trinajstić information content (AvgIpc) is 2.04. The van der Waals surface area contributed by atoms with Crippen molar-refractivity contribution in [2.45, 2.75) is 0 Å². The van der Waals surface area contributed by atoms with Crippen LogP contribution in [0.2, 0.25) is 0 Å². The fraction of sp³-hybridized carbons (Fsp3) is 0. The van der Waals surface area contributed by atoms with E-state index in [0.29, 0.717) is 0 Å². The van der Waals surface area contributed by atoms with Crippen molar-refractivity contribution >= 4 is 49.4 Å². The van der Waals surface area contributed by atoms with Gasteiger partial charge >= 0.3 is 0 Å². The molecule has 1 aromatic heterocycles. The Labute approximate surface area is 92.5 Å². The molecule has 3 heteroatoms.